The Labute approximate surface area is 79.5 Å². The van der Waals surface area contributed by atoms with Crippen LogP contribution in [0.25, 0.3) is 0 Å². The van der Waals surface area contributed by atoms with E-state index < -0.39 is 12.2 Å². The van der Waals surface area contributed by atoms with Crippen molar-refractivity contribution in [2.24, 2.45) is 5.73 Å². The molecule has 0 saturated carbocycles. The van der Waals surface area contributed by atoms with Gasteiger partial charge in [0.15, 0.2) is 0 Å². The molecule has 0 saturated heterocycles. The van der Waals surface area contributed by atoms with Crippen LogP contribution in [-0.2, 0) is 0 Å². The first-order valence-corrected chi connectivity index (χ1v) is 4.65. The van der Waals surface area contributed by atoms with Gasteiger partial charge in [-0.1, -0.05) is 0 Å². The third kappa shape index (κ3) is 1.99. The van der Waals surface area contributed by atoms with E-state index in [2.05, 4.69) is 15.9 Å². The van der Waals surface area contributed by atoms with Crippen molar-refractivity contribution < 1.29 is 13.2 Å². The van der Waals surface area contributed by atoms with E-state index in [1.165, 1.54) is 17.4 Å². The van der Waals surface area contributed by atoms with Crippen LogP contribution in [0.1, 0.15) is 11.6 Å². The van der Waals surface area contributed by atoms with Crippen LogP contribution in [0.2, 0.25) is 0 Å². The van der Waals surface area contributed by atoms with E-state index in [0.29, 0.717) is 3.79 Å². The van der Waals surface area contributed by atoms with Crippen molar-refractivity contribution in [1.29, 1.82) is 0 Å². The third-order valence-electron chi connectivity index (χ3n) is 1.33. The summed E-state index contributed by atoms with van der Waals surface area (Å²) in [5.41, 5.74) is 5.06. The smallest absolute Gasteiger partial charge is 0.316 e. The number of alkyl halides is 3. The van der Waals surface area contributed by atoms with Crippen LogP contribution in [0, 0.1) is 0 Å². The fourth-order valence-electron chi connectivity index (χ4n) is 0.703. The molecule has 0 spiro atoms. The van der Waals surface area contributed by atoms with Gasteiger partial charge in [-0.15, -0.1) is 11.3 Å². The second kappa shape index (κ2) is 3.35. The standard InChI is InChI=1S/C6H5BrF3NS/c7-5-3(1-2-12-5)4(11)6(8,9)10/h1-2,4H,11H2/t4-/m0/s1. The molecule has 1 rings (SSSR count). The SMILES string of the molecule is N[C@@H](c1ccsc1Br)C(F)(F)F. The van der Waals surface area contributed by atoms with Crippen LogP contribution >= 0.6 is 27.3 Å². The summed E-state index contributed by atoms with van der Waals surface area (Å²) in [6.45, 7) is 0. The van der Waals surface area contributed by atoms with Gasteiger partial charge in [-0.05, 0) is 27.4 Å². The lowest BCUT2D eigenvalue weighted by Gasteiger charge is -2.14. The lowest BCUT2D eigenvalue weighted by atomic mass is 10.1. The highest BCUT2D eigenvalue weighted by Gasteiger charge is 2.39. The van der Waals surface area contributed by atoms with Crippen molar-refractivity contribution in [3.63, 3.8) is 0 Å². The summed E-state index contributed by atoms with van der Waals surface area (Å²) in [4.78, 5) is 0. The molecule has 1 atom stereocenters. The molecule has 0 bridgehead atoms. The van der Waals surface area contributed by atoms with Crippen molar-refractivity contribution in [3.05, 3.63) is 20.8 Å². The predicted molar refractivity (Wildman–Crippen MR) is 45.0 cm³/mol. The topological polar surface area (TPSA) is 26.0 Å². The van der Waals surface area contributed by atoms with Crippen LogP contribution in [0.3, 0.4) is 0 Å². The molecule has 2 N–H and O–H groups in total. The first-order chi connectivity index (χ1) is 5.43. The van der Waals surface area contributed by atoms with Gasteiger partial charge in [0.1, 0.15) is 6.04 Å². The van der Waals surface area contributed by atoms with E-state index in [0.717, 1.165) is 0 Å². The maximum atomic E-state index is 12.1. The van der Waals surface area contributed by atoms with E-state index in [9.17, 15) is 13.2 Å². The number of rotatable bonds is 1. The molecule has 6 heteroatoms. The molecule has 0 unspecified atom stereocenters. The summed E-state index contributed by atoms with van der Waals surface area (Å²) in [5, 5.41) is 1.56. The van der Waals surface area contributed by atoms with E-state index >= 15 is 0 Å². The summed E-state index contributed by atoms with van der Waals surface area (Å²) in [6.07, 6.45) is -4.37. The molecule has 0 aromatic carbocycles. The minimum absolute atomic E-state index is 0.0903. The van der Waals surface area contributed by atoms with Gasteiger partial charge in [0.05, 0.1) is 3.79 Å². The van der Waals surface area contributed by atoms with E-state index in [-0.39, 0.29) is 5.56 Å². The first-order valence-electron chi connectivity index (χ1n) is 2.98. The molecule has 0 aliphatic rings. The van der Waals surface area contributed by atoms with Gasteiger partial charge < -0.3 is 5.73 Å². The van der Waals surface area contributed by atoms with Crippen LogP contribution in [0.4, 0.5) is 13.2 Å². The van der Waals surface area contributed by atoms with Crippen molar-refractivity contribution in [2.75, 3.05) is 0 Å². The van der Waals surface area contributed by atoms with Crippen molar-refractivity contribution in [2.45, 2.75) is 12.2 Å². The molecule has 0 aliphatic heterocycles. The Morgan fingerprint density at radius 3 is 2.42 bits per heavy atom. The molecule has 1 heterocycles. The Hall–Kier alpha value is -0.0700. The van der Waals surface area contributed by atoms with Gasteiger partial charge in [-0.2, -0.15) is 13.2 Å². The van der Waals surface area contributed by atoms with Crippen LogP contribution < -0.4 is 5.73 Å². The minimum Gasteiger partial charge on any atom is -0.316 e. The monoisotopic (exact) mass is 259 g/mol. The van der Waals surface area contributed by atoms with Gasteiger partial charge in [-0.25, -0.2) is 0 Å². The molecule has 0 amide bonds. The number of nitrogens with two attached hydrogens (primary N) is 1. The number of thiophene rings is 1. The summed E-state index contributed by atoms with van der Waals surface area (Å²) < 4.78 is 36.6. The second-order valence-electron chi connectivity index (χ2n) is 2.17. The predicted octanol–water partition coefficient (Wildman–Crippen LogP) is 3.07. The highest BCUT2D eigenvalue weighted by Crippen LogP contribution is 2.36. The summed E-state index contributed by atoms with van der Waals surface area (Å²) in [5.74, 6) is 0. The molecule has 1 aromatic rings. The number of halogens is 4. The summed E-state index contributed by atoms with van der Waals surface area (Å²) in [6, 6.07) is -0.523. The zero-order chi connectivity index (χ0) is 9.35. The van der Waals surface area contributed by atoms with Gasteiger partial charge in [0, 0.05) is 5.56 Å². The highest BCUT2D eigenvalue weighted by atomic mass is 79.9. The second-order valence-corrected chi connectivity index (χ2v) is 4.40. The first kappa shape index (κ1) is 10.0. The molecular weight excluding hydrogens is 255 g/mol. The van der Waals surface area contributed by atoms with Gasteiger partial charge in [0.25, 0.3) is 0 Å². The molecule has 1 aromatic heterocycles. The van der Waals surface area contributed by atoms with Gasteiger partial charge in [0.2, 0.25) is 0 Å². The Morgan fingerprint density at radius 2 is 2.08 bits per heavy atom. The Bertz CT molecular complexity index is 270. The Morgan fingerprint density at radius 1 is 1.50 bits per heavy atom. The maximum absolute atomic E-state index is 12.1. The minimum atomic E-state index is -4.37. The average molecular weight is 260 g/mol. The summed E-state index contributed by atoms with van der Waals surface area (Å²) >= 11 is 4.18. The van der Waals surface area contributed by atoms with Crippen molar-refractivity contribution in [3.8, 4) is 0 Å². The normalized spacial score (nSPS) is 14.8. The maximum Gasteiger partial charge on any atom is 0.407 e. The largest absolute Gasteiger partial charge is 0.407 e. The molecule has 0 radical (unpaired) electrons. The quantitative estimate of drug-likeness (QED) is 0.825. The number of hydrogen-bond donors (Lipinski definition) is 1. The summed E-state index contributed by atoms with van der Waals surface area (Å²) in [7, 11) is 0. The average Bonchev–Trinajstić information content (AvgIpc) is 2.31. The zero-order valence-electron chi connectivity index (χ0n) is 5.73. The van der Waals surface area contributed by atoms with Gasteiger partial charge in [-0.3, -0.25) is 0 Å². The molecule has 12 heavy (non-hydrogen) atoms. The molecule has 68 valence electrons. The van der Waals surface area contributed by atoms with Crippen molar-refractivity contribution in [1.82, 2.24) is 0 Å². The van der Waals surface area contributed by atoms with Gasteiger partial charge >= 0.3 is 6.18 Å². The van der Waals surface area contributed by atoms with E-state index in [4.69, 9.17) is 5.73 Å². The van der Waals surface area contributed by atoms with Crippen molar-refractivity contribution >= 4 is 27.3 Å². The highest BCUT2D eigenvalue weighted by molar-refractivity contribution is 9.11. The lowest BCUT2D eigenvalue weighted by Crippen LogP contribution is -2.28. The van der Waals surface area contributed by atoms with E-state index in [1.807, 2.05) is 0 Å². The Kier molecular flexibility index (Phi) is 2.80. The zero-order valence-corrected chi connectivity index (χ0v) is 8.13. The fraction of sp³-hybridized carbons (Fsp3) is 0.333. The Balaban J connectivity index is 2.92. The van der Waals surface area contributed by atoms with E-state index in [1.54, 1.807) is 5.38 Å². The molecule has 0 fully saturated rings. The van der Waals surface area contributed by atoms with Crippen LogP contribution in [0.15, 0.2) is 15.2 Å². The third-order valence-corrected chi connectivity index (χ3v) is 3.07. The van der Waals surface area contributed by atoms with Crippen LogP contribution in [0.5, 0.6) is 0 Å². The molecule has 1 nitrogen and oxygen atoms in total. The number of hydrogen-bond acceptors (Lipinski definition) is 2. The molecular formula is C6H5BrF3NS. The lowest BCUT2D eigenvalue weighted by molar-refractivity contribution is -0.149. The van der Waals surface area contributed by atoms with Crippen LogP contribution in [-0.4, -0.2) is 6.18 Å². The fourth-order valence-corrected chi connectivity index (χ4v) is 2.07. The molecule has 0 aliphatic carbocycles.